The van der Waals surface area contributed by atoms with Crippen molar-refractivity contribution in [2.24, 2.45) is 0 Å². The van der Waals surface area contributed by atoms with Gasteiger partial charge in [0, 0.05) is 29.9 Å². The van der Waals surface area contributed by atoms with Gasteiger partial charge in [-0.05, 0) is 26.0 Å². The summed E-state index contributed by atoms with van der Waals surface area (Å²) in [4.78, 5) is 1.49. The highest BCUT2D eigenvalue weighted by molar-refractivity contribution is 7.89. The summed E-state index contributed by atoms with van der Waals surface area (Å²) in [6, 6.07) is 1.79. The van der Waals surface area contributed by atoms with E-state index in [0.29, 0.717) is 18.0 Å². The van der Waals surface area contributed by atoms with Gasteiger partial charge in [-0.25, -0.2) is 8.42 Å². The molecule has 4 nitrogen and oxygen atoms in total. The Balaban J connectivity index is 2.15. The second-order valence-electron chi connectivity index (χ2n) is 4.71. The lowest BCUT2D eigenvalue weighted by Crippen LogP contribution is -2.35. The van der Waals surface area contributed by atoms with Gasteiger partial charge in [0.2, 0.25) is 10.0 Å². The van der Waals surface area contributed by atoms with E-state index in [1.807, 2.05) is 13.8 Å². The Morgan fingerprint density at radius 3 is 2.95 bits per heavy atom. The van der Waals surface area contributed by atoms with Crippen molar-refractivity contribution >= 4 is 21.4 Å². The van der Waals surface area contributed by atoms with E-state index >= 15 is 0 Å². The van der Waals surface area contributed by atoms with E-state index in [0.717, 1.165) is 30.0 Å². The Bertz CT molecular complexity index is 561. The number of rotatable bonds is 5. The summed E-state index contributed by atoms with van der Waals surface area (Å²) in [7, 11) is -3.32. The number of sulfonamides is 1. The molecule has 1 aliphatic rings. The highest BCUT2D eigenvalue weighted by Crippen LogP contribution is 2.25. The van der Waals surface area contributed by atoms with Gasteiger partial charge in [0.05, 0.1) is 4.90 Å². The maximum Gasteiger partial charge on any atom is 0.244 e. The van der Waals surface area contributed by atoms with Crippen LogP contribution in [0.15, 0.2) is 28.0 Å². The van der Waals surface area contributed by atoms with Gasteiger partial charge in [-0.1, -0.05) is 18.6 Å². The first kappa shape index (κ1) is 14.7. The first-order chi connectivity index (χ1) is 9.04. The van der Waals surface area contributed by atoms with Crippen molar-refractivity contribution < 1.29 is 8.42 Å². The molecule has 0 atom stereocenters. The summed E-state index contributed by atoms with van der Waals surface area (Å²) in [6.07, 6.45) is 2.91. The van der Waals surface area contributed by atoms with Crippen molar-refractivity contribution in [3.8, 4) is 0 Å². The minimum Gasteiger partial charge on any atom is -0.312 e. The zero-order valence-electron chi connectivity index (χ0n) is 11.3. The first-order valence-corrected chi connectivity index (χ1v) is 8.80. The third kappa shape index (κ3) is 3.45. The van der Waals surface area contributed by atoms with Crippen molar-refractivity contribution in [2.45, 2.75) is 31.7 Å². The molecule has 0 radical (unpaired) electrons. The number of hydrogen-bond acceptors (Lipinski definition) is 4. The minimum atomic E-state index is -3.32. The maximum atomic E-state index is 12.5. The van der Waals surface area contributed by atoms with E-state index in [-0.39, 0.29) is 0 Å². The molecule has 1 N–H and O–H groups in total. The normalized spacial score (nSPS) is 17.5. The Kier molecular flexibility index (Phi) is 4.78. The van der Waals surface area contributed by atoms with Gasteiger partial charge in [-0.2, -0.15) is 4.31 Å². The van der Waals surface area contributed by atoms with Gasteiger partial charge in [0.25, 0.3) is 0 Å². The SMILES string of the molecule is CCNCc1cc(S(=O)(=O)N2CCC=C(C)C2)cs1. The number of thiophene rings is 1. The molecule has 6 heteroatoms. The van der Waals surface area contributed by atoms with Gasteiger partial charge in [-0.3, -0.25) is 0 Å². The molecule has 0 aromatic carbocycles. The standard InChI is InChI=1S/C13H20N2O2S2/c1-3-14-8-12-7-13(10-18-12)19(16,17)15-6-4-5-11(2)9-15/h5,7,10,14H,3-4,6,8-9H2,1-2H3. The van der Waals surface area contributed by atoms with E-state index in [2.05, 4.69) is 11.4 Å². The molecule has 0 bridgehead atoms. The van der Waals surface area contributed by atoms with Crippen LogP contribution < -0.4 is 5.32 Å². The van der Waals surface area contributed by atoms with E-state index in [4.69, 9.17) is 0 Å². The van der Waals surface area contributed by atoms with Crippen molar-refractivity contribution in [3.05, 3.63) is 28.0 Å². The van der Waals surface area contributed by atoms with Gasteiger partial charge in [0.15, 0.2) is 0 Å². The predicted molar refractivity (Wildman–Crippen MR) is 78.8 cm³/mol. The average molecular weight is 300 g/mol. The van der Waals surface area contributed by atoms with E-state index in [9.17, 15) is 8.42 Å². The summed E-state index contributed by atoms with van der Waals surface area (Å²) in [5.74, 6) is 0. The van der Waals surface area contributed by atoms with Gasteiger partial charge in [0.1, 0.15) is 0 Å². The number of hydrogen-bond donors (Lipinski definition) is 1. The topological polar surface area (TPSA) is 49.4 Å². The summed E-state index contributed by atoms with van der Waals surface area (Å²) in [5.41, 5.74) is 1.12. The van der Waals surface area contributed by atoms with Crippen molar-refractivity contribution in [1.82, 2.24) is 9.62 Å². The van der Waals surface area contributed by atoms with Crippen LogP contribution in [0.5, 0.6) is 0 Å². The molecule has 0 aliphatic carbocycles. The molecule has 2 rings (SSSR count). The highest BCUT2D eigenvalue weighted by atomic mass is 32.2. The molecule has 19 heavy (non-hydrogen) atoms. The number of nitrogens with zero attached hydrogens (tertiary/aromatic N) is 1. The molecular weight excluding hydrogens is 280 g/mol. The molecule has 0 amide bonds. The fourth-order valence-corrected chi connectivity index (χ4v) is 4.80. The lowest BCUT2D eigenvalue weighted by atomic mass is 10.2. The summed E-state index contributed by atoms with van der Waals surface area (Å²) >= 11 is 1.50. The van der Waals surface area contributed by atoms with Gasteiger partial charge in [-0.15, -0.1) is 11.3 Å². The molecule has 2 heterocycles. The Morgan fingerprint density at radius 2 is 2.26 bits per heavy atom. The van der Waals surface area contributed by atoms with Crippen molar-refractivity contribution in [3.63, 3.8) is 0 Å². The van der Waals surface area contributed by atoms with E-state index < -0.39 is 10.0 Å². The van der Waals surface area contributed by atoms with Crippen LogP contribution in [0.3, 0.4) is 0 Å². The summed E-state index contributed by atoms with van der Waals surface area (Å²) < 4.78 is 26.6. The lowest BCUT2D eigenvalue weighted by molar-refractivity contribution is 0.428. The van der Waals surface area contributed by atoms with Crippen LogP contribution in [0.4, 0.5) is 0 Å². The van der Waals surface area contributed by atoms with E-state index in [1.54, 1.807) is 15.8 Å². The van der Waals surface area contributed by atoms with E-state index in [1.165, 1.54) is 11.3 Å². The van der Waals surface area contributed by atoms with Crippen LogP contribution in [-0.2, 0) is 16.6 Å². The molecule has 106 valence electrons. The molecule has 0 unspecified atom stereocenters. The van der Waals surface area contributed by atoms with Crippen LogP contribution in [0.2, 0.25) is 0 Å². The highest BCUT2D eigenvalue weighted by Gasteiger charge is 2.26. The fraction of sp³-hybridized carbons (Fsp3) is 0.538. The van der Waals surface area contributed by atoms with Crippen molar-refractivity contribution in [1.29, 1.82) is 0 Å². The minimum absolute atomic E-state index is 0.431. The Morgan fingerprint density at radius 1 is 1.47 bits per heavy atom. The monoisotopic (exact) mass is 300 g/mol. The molecule has 1 aromatic heterocycles. The van der Waals surface area contributed by atoms with Gasteiger partial charge < -0.3 is 5.32 Å². The average Bonchev–Trinajstić information content (AvgIpc) is 2.86. The molecule has 1 aromatic rings. The predicted octanol–water partition coefficient (Wildman–Crippen LogP) is 2.20. The smallest absolute Gasteiger partial charge is 0.244 e. The fourth-order valence-electron chi connectivity index (χ4n) is 2.07. The molecular formula is C13H20N2O2S2. The molecule has 0 fully saturated rings. The zero-order valence-corrected chi connectivity index (χ0v) is 13.0. The summed E-state index contributed by atoms with van der Waals surface area (Å²) in [6.45, 7) is 6.73. The molecule has 0 saturated carbocycles. The first-order valence-electron chi connectivity index (χ1n) is 6.48. The zero-order chi connectivity index (χ0) is 13.9. The largest absolute Gasteiger partial charge is 0.312 e. The van der Waals surface area contributed by atoms with Crippen LogP contribution >= 0.6 is 11.3 Å². The second-order valence-corrected chi connectivity index (χ2v) is 7.64. The molecule has 0 spiro atoms. The Labute approximate surface area is 119 Å². The third-order valence-electron chi connectivity index (χ3n) is 3.11. The molecule has 0 saturated heterocycles. The van der Waals surface area contributed by atoms with Crippen LogP contribution in [-0.4, -0.2) is 32.4 Å². The second kappa shape index (κ2) is 6.17. The number of nitrogens with one attached hydrogen (secondary N) is 1. The van der Waals surface area contributed by atoms with Gasteiger partial charge >= 0.3 is 0 Å². The maximum absolute atomic E-state index is 12.5. The quantitative estimate of drug-likeness (QED) is 0.848. The van der Waals surface area contributed by atoms with Crippen LogP contribution in [0.25, 0.3) is 0 Å². The summed E-state index contributed by atoms with van der Waals surface area (Å²) in [5, 5.41) is 4.95. The van der Waals surface area contributed by atoms with Crippen molar-refractivity contribution in [2.75, 3.05) is 19.6 Å². The molecule has 1 aliphatic heterocycles. The Hall–Kier alpha value is -0.690. The lowest BCUT2D eigenvalue weighted by Gasteiger charge is -2.24. The third-order valence-corrected chi connectivity index (χ3v) is 6.02. The van der Waals surface area contributed by atoms with Crippen LogP contribution in [0.1, 0.15) is 25.1 Å². The van der Waals surface area contributed by atoms with Crippen LogP contribution in [0, 0.1) is 0 Å².